The first kappa shape index (κ1) is 14.7. The second-order valence-electron chi connectivity index (χ2n) is 4.90. The van der Waals surface area contributed by atoms with Gasteiger partial charge in [-0.15, -0.1) is 11.3 Å². The van der Waals surface area contributed by atoms with Crippen LogP contribution in [0.15, 0.2) is 59.5 Å². The molecule has 112 valence electrons. The summed E-state index contributed by atoms with van der Waals surface area (Å²) < 4.78 is 24.1. The number of hydrogen-bond donors (Lipinski definition) is 1. The second kappa shape index (κ2) is 5.55. The summed E-state index contributed by atoms with van der Waals surface area (Å²) in [7, 11) is -3.29. The van der Waals surface area contributed by atoms with Gasteiger partial charge < -0.3 is 5.32 Å². The van der Waals surface area contributed by atoms with E-state index in [1.54, 1.807) is 12.1 Å². The lowest BCUT2D eigenvalue weighted by molar-refractivity contribution is 0.103. The first-order chi connectivity index (χ1) is 10.4. The number of carbonyl (C=O) groups is 1. The van der Waals surface area contributed by atoms with Crippen LogP contribution in [0, 0.1) is 0 Å². The third-order valence-corrected chi connectivity index (χ3v) is 5.39. The molecule has 0 bridgehead atoms. The van der Waals surface area contributed by atoms with Crippen LogP contribution in [0.5, 0.6) is 0 Å². The van der Waals surface area contributed by atoms with Crippen molar-refractivity contribution in [2.75, 3.05) is 11.6 Å². The van der Waals surface area contributed by atoms with Crippen molar-refractivity contribution in [3.05, 3.63) is 59.5 Å². The Hall–Kier alpha value is -2.18. The fourth-order valence-electron chi connectivity index (χ4n) is 2.09. The van der Waals surface area contributed by atoms with Gasteiger partial charge in [0.2, 0.25) is 0 Å². The molecule has 0 aliphatic heterocycles. The van der Waals surface area contributed by atoms with Crippen LogP contribution in [0.4, 0.5) is 5.69 Å². The van der Waals surface area contributed by atoms with Crippen molar-refractivity contribution in [3.8, 4) is 0 Å². The summed E-state index contributed by atoms with van der Waals surface area (Å²) in [5.74, 6) is -0.244. The molecular formula is C16H13NO3S2. The summed E-state index contributed by atoms with van der Waals surface area (Å²) in [4.78, 5) is 13.1. The van der Waals surface area contributed by atoms with Crippen molar-refractivity contribution in [2.24, 2.45) is 0 Å². The fourth-order valence-corrected chi connectivity index (χ4v) is 3.72. The minimum atomic E-state index is -3.29. The van der Waals surface area contributed by atoms with E-state index >= 15 is 0 Å². The molecule has 22 heavy (non-hydrogen) atoms. The summed E-state index contributed by atoms with van der Waals surface area (Å²) in [6, 6.07) is 15.8. The average molecular weight is 331 g/mol. The molecule has 0 radical (unpaired) electrons. The number of amides is 1. The molecule has 0 atom stereocenters. The van der Waals surface area contributed by atoms with E-state index in [2.05, 4.69) is 5.32 Å². The highest BCUT2D eigenvalue weighted by Gasteiger charge is 2.12. The third-order valence-electron chi connectivity index (χ3n) is 3.17. The van der Waals surface area contributed by atoms with Crippen molar-refractivity contribution >= 4 is 42.9 Å². The zero-order chi connectivity index (χ0) is 15.7. The average Bonchev–Trinajstić information content (AvgIpc) is 2.90. The molecule has 0 fully saturated rings. The van der Waals surface area contributed by atoms with Crippen LogP contribution in [-0.4, -0.2) is 20.6 Å². The number of fused-ring (bicyclic) bond motifs is 1. The van der Waals surface area contributed by atoms with Crippen LogP contribution >= 0.6 is 11.3 Å². The summed E-state index contributed by atoms with van der Waals surface area (Å²) in [6.45, 7) is 0. The summed E-state index contributed by atoms with van der Waals surface area (Å²) in [5, 5.41) is 3.75. The normalized spacial score (nSPS) is 11.5. The van der Waals surface area contributed by atoms with E-state index in [0.29, 0.717) is 10.6 Å². The third kappa shape index (κ3) is 3.03. The first-order valence-electron chi connectivity index (χ1n) is 6.53. The highest BCUT2D eigenvalue weighted by molar-refractivity contribution is 7.90. The lowest BCUT2D eigenvalue weighted by Crippen LogP contribution is -2.10. The van der Waals surface area contributed by atoms with Gasteiger partial charge in [0, 0.05) is 16.6 Å². The van der Waals surface area contributed by atoms with Crippen LogP contribution in [0.3, 0.4) is 0 Å². The molecule has 0 aliphatic rings. The predicted octanol–water partition coefficient (Wildman–Crippen LogP) is 3.56. The maximum Gasteiger partial charge on any atom is 0.265 e. The van der Waals surface area contributed by atoms with Crippen LogP contribution < -0.4 is 5.32 Å². The Bertz CT molecular complexity index is 925. The zero-order valence-electron chi connectivity index (χ0n) is 11.7. The second-order valence-corrected chi connectivity index (χ2v) is 8.00. The molecule has 1 amide bonds. The lowest BCUT2D eigenvalue weighted by Gasteiger charge is -2.05. The minimum absolute atomic E-state index is 0.182. The van der Waals surface area contributed by atoms with Gasteiger partial charge in [-0.3, -0.25) is 4.79 Å². The Balaban J connectivity index is 1.88. The van der Waals surface area contributed by atoms with Crippen LogP contribution in [0.1, 0.15) is 9.67 Å². The molecule has 4 nitrogen and oxygen atoms in total. The molecule has 0 saturated carbocycles. The maximum atomic E-state index is 12.3. The topological polar surface area (TPSA) is 63.2 Å². The van der Waals surface area contributed by atoms with E-state index in [1.807, 2.05) is 30.3 Å². The molecule has 6 heteroatoms. The van der Waals surface area contributed by atoms with Gasteiger partial charge in [-0.2, -0.15) is 0 Å². The molecule has 0 saturated heterocycles. The van der Waals surface area contributed by atoms with E-state index in [1.165, 1.54) is 23.5 Å². The maximum absolute atomic E-state index is 12.3. The Labute approximate surface area is 132 Å². The fraction of sp³-hybridized carbons (Fsp3) is 0.0625. The highest BCUT2D eigenvalue weighted by Crippen LogP contribution is 2.26. The standard InChI is InChI=1S/C16H13NO3S2/c1-22(19,20)13-7-4-6-12(10-13)17-16(18)15-9-11-5-2-3-8-14(11)21-15/h2-10H,1H3,(H,17,18). The minimum Gasteiger partial charge on any atom is -0.321 e. The quantitative estimate of drug-likeness (QED) is 0.798. The van der Waals surface area contributed by atoms with Crippen LogP contribution in [0.2, 0.25) is 0 Å². The molecule has 0 aliphatic carbocycles. The molecule has 3 rings (SSSR count). The Morgan fingerprint density at radius 2 is 1.82 bits per heavy atom. The van der Waals surface area contributed by atoms with Gasteiger partial charge in [-0.25, -0.2) is 8.42 Å². The molecule has 1 heterocycles. The summed E-state index contributed by atoms with van der Waals surface area (Å²) >= 11 is 1.40. The van der Waals surface area contributed by atoms with Crippen molar-refractivity contribution in [2.45, 2.75) is 4.90 Å². The number of hydrogen-bond acceptors (Lipinski definition) is 4. The van der Waals surface area contributed by atoms with E-state index in [4.69, 9.17) is 0 Å². The first-order valence-corrected chi connectivity index (χ1v) is 9.24. The van der Waals surface area contributed by atoms with Gasteiger partial charge in [0.25, 0.3) is 5.91 Å². The lowest BCUT2D eigenvalue weighted by atomic mass is 10.2. The van der Waals surface area contributed by atoms with Gasteiger partial charge in [0.1, 0.15) is 0 Å². The molecule has 1 aromatic heterocycles. The number of benzene rings is 2. The molecule has 0 spiro atoms. The van der Waals surface area contributed by atoms with Gasteiger partial charge in [0.15, 0.2) is 9.84 Å². The van der Waals surface area contributed by atoms with Gasteiger partial charge in [-0.05, 0) is 35.7 Å². The summed E-state index contributed by atoms with van der Waals surface area (Å²) in [6.07, 6.45) is 1.14. The van der Waals surface area contributed by atoms with Gasteiger partial charge in [-0.1, -0.05) is 24.3 Å². The van der Waals surface area contributed by atoms with E-state index in [9.17, 15) is 13.2 Å². The molecule has 1 N–H and O–H groups in total. The van der Waals surface area contributed by atoms with Crippen molar-refractivity contribution < 1.29 is 13.2 Å². The number of sulfone groups is 1. The monoisotopic (exact) mass is 331 g/mol. The number of thiophene rings is 1. The van der Waals surface area contributed by atoms with E-state index in [0.717, 1.165) is 16.3 Å². The Morgan fingerprint density at radius 1 is 1.05 bits per heavy atom. The van der Waals surface area contributed by atoms with Gasteiger partial charge in [0.05, 0.1) is 9.77 Å². The highest BCUT2D eigenvalue weighted by atomic mass is 32.2. The van der Waals surface area contributed by atoms with Crippen LogP contribution in [-0.2, 0) is 9.84 Å². The zero-order valence-corrected chi connectivity index (χ0v) is 13.4. The van der Waals surface area contributed by atoms with E-state index < -0.39 is 9.84 Å². The predicted molar refractivity (Wildman–Crippen MR) is 89.3 cm³/mol. The molecular weight excluding hydrogens is 318 g/mol. The molecule has 0 unspecified atom stereocenters. The number of nitrogens with one attached hydrogen (secondary N) is 1. The summed E-state index contributed by atoms with van der Waals surface area (Å²) in [5.41, 5.74) is 0.463. The van der Waals surface area contributed by atoms with Gasteiger partial charge >= 0.3 is 0 Å². The number of carbonyl (C=O) groups excluding carboxylic acids is 1. The number of anilines is 1. The van der Waals surface area contributed by atoms with Crippen molar-refractivity contribution in [1.29, 1.82) is 0 Å². The van der Waals surface area contributed by atoms with E-state index in [-0.39, 0.29) is 10.8 Å². The SMILES string of the molecule is CS(=O)(=O)c1cccc(NC(=O)c2cc3ccccc3s2)c1. The smallest absolute Gasteiger partial charge is 0.265 e. The number of rotatable bonds is 3. The van der Waals surface area contributed by atoms with Crippen LogP contribution in [0.25, 0.3) is 10.1 Å². The Morgan fingerprint density at radius 3 is 2.55 bits per heavy atom. The Kier molecular flexibility index (Phi) is 3.72. The molecule has 3 aromatic rings. The molecule has 2 aromatic carbocycles. The van der Waals surface area contributed by atoms with Crippen molar-refractivity contribution in [1.82, 2.24) is 0 Å². The van der Waals surface area contributed by atoms with Crippen molar-refractivity contribution in [3.63, 3.8) is 0 Å². The largest absolute Gasteiger partial charge is 0.321 e.